The number of nitrogens with zero attached hydrogens (tertiary/aromatic N) is 2. The fraction of sp³-hybridized carbons (Fsp3) is 0.143. The molecular formula is C21H20FN3O3S2. The second kappa shape index (κ2) is 9.29. The molecule has 0 spiro atoms. The molecule has 1 N–H and O–H groups in total. The van der Waals surface area contributed by atoms with Crippen LogP contribution in [0, 0.1) is 5.82 Å². The number of amides is 1. The topological polar surface area (TPSA) is 79.4 Å². The molecule has 6 nitrogen and oxygen atoms in total. The number of hydrogen-bond donors (Lipinski definition) is 1. The maximum absolute atomic E-state index is 13.0. The zero-order valence-corrected chi connectivity index (χ0v) is 18.0. The summed E-state index contributed by atoms with van der Waals surface area (Å²) in [4.78, 5) is 16.7. The lowest BCUT2D eigenvalue weighted by atomic mass is 10.2. The predicted molar refractivity (Wildman–Crippen MR) is 116 cm³/mol. The van der Waals surface area contributed by atoms with Gasteiger partial charge in [-0.25, -0.2) is 22.1 Å². The number of benzene rings is 2. The molecular weight excluding hydrogens is 425 g/mol. The molecule has 2 aromatic carbocycles. The normalized spacial score (nSPS) is 11.9. The highest BCUT2D eigenvalue weighted by Gasteiger charge is 2.20. The van der Waals surface area contributed by atoms with Gasteiger partial charge >= 0.3 is 0 Å². The quantitative estimate of drug-likeness (QED) is 0.565. The molecule has 0 saturated carbocycles. The third-order valence-electron chi connectivity index (χ3n) is 4.20. The Morgan fingerprint density at radius 1 is 1.17 bits per heavy atom. The zero-order chi connectivity index (χ0) is 21.7. The van der Waals surface area contributed by atoms with Gasteiger partial charge in [0.25, 0.3) is 0 Å². The molecule has 1 amide bonds. The first kappa shape index (κ1) is 21.8. The van der Waals surface area contributed by atoms with Gasteiger partial charge in [0.15, 0.2) is 0 Å². The van der Waals surface area contributed by atoms with Crippen molar-refractivity contribution in [2.45, 2.75) is 11.4 Å². The van der Waals surface area contributed by atoms with Gasteiger partial charge in [-0.3, -0.25) is 4.79 Å². The number of aromatic nitrogens is 1. The summed E-state index contributed by atoms with van der Waals surface area (Å²) in [6.45, 7) is 0.0737. The van der Waals surface area contributed by atoms with E-state index in [1.165, 1.54) is 49.7 Å². The van der Waals surface area contributed by atoms with Gasteiger partial charge in [0, 0.05) is 37.7 Å². The van der Waals surface area contributed by atoms with E-state index >= 15 is 0 Å². The van der Waals surface area contributed by atoms with E-state index in [0.717, 1.165) is 14.9 Å². The van der Waals surface area contributed by atoms with Gasteiger partial charge in [-0.05, 0) is 42.0 Å². The maximum atomic E-state index is 13.0. The van der Waals surface area contributed by atoms with Crippen LogP contribution in [-0.4, -0.2) is 37.7 Å². The minimum atomic E-state index is -3.61. The van der Waals surface area contributed by atoms with Gasteiger partial charge in [0.2, 0.25) is 15.9 Å². The minimum Gasteiger partial charge on any atom is -0.348 e. The van der Waals surface area contributed by atoms with Crippen LogP contribution >= 0.6 is 11.3 Å². The highest BCUT2D eigenvalue weighted by atomic mass is 32.2. The van der Waals surface area contributed by atoms with Crippen LogP contribution in [0.5, 0.6) is 0 Å². The van der Waals surface area contributed by atoms with Crippen molar-refractivity contribution in [3.8, 4) is 10.6 Å². The van der Waals surface area contributed by atoms with E-state index in [0.29, 0.717) is 11.3 Å². The van der Waals surface area contributed by atoms with Crippen molar-refractivity contribution in [1.29, 1.82) is 0 Å². The lowest BCUT2D eigenvalue weighted by Gasteiger charge is -2.15. The number of sulfonamides is 1. The van der Waals surface area contributed by atoms with Crippen molar-refractivity contribution >= 4 is 33.3 Å². The standard InChI is InChI=1S/C21H20FN3O3S2/c1-25(2)30(27,28)19-6-4-3-5-16(19)13-23-20(26)12-11-18-14-29-21(24-18)15-7-9-17(22)10-8-15/h3-12,14H,13H2,1-2H3,(H,23,26)/b12-11+. The number of thiazole rings is 1. The Labute approximate surface area is 178 Å². The second-order valence-electron chi connectivity index (χ2n) is 6.53. The summed E-state index contributed by atoms with van der Waals surface area (Å²) >= 11 is 1.39. The van der Waals surface area contributed by atoms with Crippen molar-refractivity contribution in [1.82, 2.24) is 14.6 Å². The Balaban J connectivity index is 1.65. The SMILES string of the molecule is CN(C)S(=O)(=O)c1ccccc1CNC(=O)/C=C/c1csc(-c2ccc(F)cc2)n1. The molecule has 30 heavy (non-hydrogen) atoms. The Bertz CT molecular complexity index is 1170. The molecule has 0 aliphatic carbocycles. The third-order valence-corrected chi connectivity index (χ3v) is 7.03. The number of carbonyl (C=O) groups is 1. The van der Waals surface area contributed by atoms with E-state index in [9.17, 15) is 17.6 Å². The van der Waals surface area contributed by atoms with Crippen LogP contribution in [0.3, 0.4) is 0 Å². The highest BCUT2D eigenvalue weighted by Crippen LogP contribution is 2.24. The van der Waals surface area contributed by atoms with Crippen molar-refractivity contribution < 1.29 is 17.6 Å². The molecule has 0 saturated heterocycles. The van der Waals surface area contributed by atoms with Crippen LogP contribution in [0.2, 0.25) is 0 Å². The lowest BCUT2D eigenvalue weighted by molar-refractivity contribution is -0.116. The molecule has 0 bridgehead atoms. The second-order valence-corrected chi connectivity index (χ2v) is 9.51. The first-order chi connectivity index (χ1) is 14.3. The smallest absolute Gasteiger partial charge is 0.244 e. The summed E-state index contributed by atoms with van der Waals surface area (Å²) in [5, 5.41) is 5.20. The zero-order valence-electron chi connectivity index (χ0n) is 16.4. The van der Waals surface area contributed by atoms with E-state index in [2.05, 4.69) is 10.3 Å². The van der Waals surface area contributed by atoms with Gasteiger partial charge in [-0.2, -0.15) is 0 Å². The summed E-state index contributed by atoms with van der Waals surface area (Å²) < 4.78 is 39.0. The largest absolute Gasteiger partial charge is 0.348 e. The summed E-state index contributed by atoms with van der Waals surface area (Å²) in [5.74, 6) is -0.685. The van der Waals surface area contributed by atoms with Gasteiger partial charge in [0.1, 0.15) is 10.8 Å². The van der Waals surface area contributed by atoms with Gasteiger partial charge in [0.05, 0.1) is 10.6 Å². The van der Waals surface area contributed by atoms with Crippen molar-refractivity contribution in [2.24, 2.45) is 0 Å². The van der Waals surface area contributed by atoms with E-state index in [-0.39, 0.29) is 23.2 Å². The van der Waals surface area contributed by atoms with Crippen LogP contribution in [0.4, 0.5) is 4.39 Å². The van der Waals surface area contributed by atoms with Crippen LogP contribution in [0.15, 0.2) is 64.9 Å². The molecule has 3 aromatic rings. The average Bonchev–Trinajstić information content (AvgIpc) is 3.20. The van der Waals surface area contributed by atoms with Crippen LogP contribution in [-0.2, 0) is 21.4 Å². The van der Waals surface area contributed by atoms with Crippen LogP contribution < -0.4 is 5.32 Å². The van der Waals surface area contributed by atoms with Crippen molar-refractivity contribution in [3.63, 3.8) is 0 Å². The summed E-state index contributed by atoms with van der Waals surface area (Å²) in [6, 6.07) is 12.6. The van der Waals surface area contributed by atoms with Gasteiger partial charge in [-0.1, -0.05) is 18.2 Å². The molecule has 0 aliphatic heterocycles. The van der Waals surface area contributed by atoms with Gasteiger partial charge in [-0.15, -0.1) is 11.3 Å². The number of rotatable bonds is 7. The summed E-state index contributed by atoms with van der Waals surface area (Å²) in [7, 11) is -0.686. The van der Waals surface area contributed by atoms with Crippen LogP contribution in [0.1, 0.15) is 11.3 Å². The number of hydrogen-bond acceptors (Lipinski definition) is 5. The Morgan fingerprint density at radius 2 is 1.87 bits per heavy atom. The Hall–Kier alpha value is -2.88. The molecule has 1 aromatic heterocycles. The van der Waals surface area contributed by atoms with E-state index in [4.69, 9.17) is 0 Å². The lowest BCUT2D eigenvalue weighted by Crippen LogP contribution is -2.26. The average molecular weight is 446 g/mol. The van der Waals surface area contributed by atoms with E-state index in [1.54, 1.807) is 41.8 Å². The molecule has 0 fully saturated rings. The third kappa shape index (κ3) is 5.18. The minimum absolute atomic E-state index is 0.0737. The van der Waals surface area contributed by atoms with Crippen molar-refractivity contribution in [2.75, 3.05) is 14.1 Å². The van der Waals surface area contributed by atoms with E-state index < -0.39 is 10.0 Å². The predicted octanol–water partition coefficient (Wildman–Crippen LogP) is 3.53. The summed E-state index contributed by atoms with van der Waals surface area (Å²) in [5.41, 5.74) is 1.90. The molecule has 0 radical (unpaired) electrons. The molecule has 3 rings (SSSR count). The monoisotopic (exact) mass is 445 g/mol. The Morgan fingerprint density at radius 3 is 2.57 bits per heavy atom. The summed E-state index contributed by atoms with van der Waals surface area (Å²) in [6.07, 6.45) is 2.91. The van der Waals surface area contributed by atoms with Gasteiger partial charge < -0.3 is 5.32 Å². The van der Waals surface area contributed by atoms with Crippen molar-refractivity contribution in [3.05, 3.63) is 77.1 Å². The maximum Gasteiger partial charge on any atom is 0.244 e. The van der Waals surface area contributed by atoms with E-state index in [1.807, 2.05) is 0 Å². The molecule has 156 valence electrons. The Kier molecular flexibility index (Phi) is 6.76. The fourth-order valence-corrected chi connectivity index (χ4v) is 4.50. The molecule has 1 heterocycles. The number of carbonyl (C=O) groups excluding carboxylic acids is 1. The first-order valence-electron chi connectivity index (χ1n) is 8.95. The molecule has 0 unspecified atom stereocenters. The fourth-order valence-electron chi connectivity index (χ4n) is 2.59. The first-order valence-corrected chi connectivity index (χ1v) is 11.3. The number of halogens is 1. The molecule has 9 heteroatoms. The highest BCUT2D eigenvalue weighted by molar-refractivity contribution is 7.89. The molecule has 0 atom stereocenters. The van der Waals surface area contributed by atoms with Crippen LogP contribution in [0.25, 0.3) is 16.6 Å². The number of nitrogens with one attached hydrogen (secondary N) is 1. The molecule has 0 aliphatic rings.